The molecule has 148 valence electrons. The highest BCUT2D eigenvalue weighted by Gasteiger charge is 2.13. The molecule has 0 aliphatic carbocycles. The van der Waals surface area contributed by atoms with Crippen molar-refractivity contribution in [3.05, 3.63) is 92.4 Å². The first-order chi connectivity index (χ1) is 14.1. The van der Waals surface area contributed by atoms with Gasteiger partial charge in [-0.2, -0.15) is 0 Å². The number of halogens is 1. The molecule has 0 spiro atoms. The van der Waals surface area contributed by atoms with Crippen molar-refractivity contribution in [3.8, 4) is 11.5 Å². The summed E-state index contributed by atoms with van der Waals surface area (Å²) in [6.07, 6.45) is 1.77. The quantitative estimate of drug-likeness (QED) is 0.234. The fourth-order valence-electron chi connectivity index (χ4n) is 2.60. The molecule has 7 heteroatoms. The maximum absolute atomic E-state index is 10.8. The summed E-state index contributed by atoms with van der Waals surface area (Å²) in [5.74, 6) is 1.17. The lowest BCUT2D eigenvalue weighted by atomic mass is 10.2. The standard InChI is InChI=1S/C22H19BrN2O4/c1-2-28-21-13-17(14-24-18-6-4-3-5-7-18)12-20(23)22(21)29-15-16-8-10-19(11-9-16)25(26)27/h3-14H,2,15H2,1H3. The van der Waals surface area contributed by atoms with Crippen LogP contribution in [0.2, 0.25) is 0 Å². The van der Waals surface area contributed by atoms with Crippen LogP contribution in [0.4, 0.5) is 11.4 Å². The van der Waals surface area contributed by atoms with Crippen LogP contribution in [-0.4, -0.2) is 17.7 Å². The molecule has 0 N–H and O–H groups in total. The monoisotopic (exact) mass is 454 g/mol. The molecule has 3 aromatic carbocycles. The van der Waals surface area contributed by atoms with Gasteiger partial charge in [0.1, 0.15) is 6.61 Å². The minimum atomic E-state index is -0.426. The van der Waals surface area contributed by atoms with E-state index in [2.05, 4.69) is 20.9 Å². The van der Waals surface area contributed by atoms with Crippen molar-refractivity contribution in [2.24, 2.45) is 4.99 Å². The lowest BCUT2D eigenvalue weighted by molar-refractivity contribution is -0.384. The largest absolute Gasteiger partial charge is 0.490 e. The van der Waals surface area contributed by atoms with E-state index < -0.39 is 4.92 Å². The first kappa shape index (κ1) is 20.5. The molecular formula is C22H19BrN2O4. The third-order valence-electron chi connectivity index (χ3n) is 3.98. The van der Waals surface area contributed by atoms with Gasteiger partial charge in [0.2, 0.25) is 0 Å². The fraction of sp³-hybridized carbons (Fsp3) is 0.136. The zero-order valence-corrected chi connectivity index (χ0v) is 17.3. The van der Waals surface area contributed by atoms with Crippen LogP contribution < -0.4 is 9.47 Å². The number of benzene rings is 3. The Morgan fingerprint density at radius 2 is 1.79 bits per heavy atom. The zero-order chi connectivity index (χ0) is 20.6. The molecule has 0 radical (unpaired) electrons. The van der Waals surface area contributed by atoms with Gasteiger partial charge in [-0.05, 0) is 70.4 Å². The van der Waals surface area contributed by atoms with Crippen LogP contribution >= 0.6 is 15.9 Å². The van der Waals surface area contributed by atoms with E-state index in [9.17, 15) is 10.1 Å². The topological polar surface area (TPSA) is 74.0 Å². The van der Waals surface area contributed by atoms with Gasteiger partial charge in [-0.3, -0.25) is 15.1 Å². The Morgan fingerprint density at radius 1 is 1.07 bits per heavy atom. The second kappa shape index (κ2) is 9.84. The predicted octanol–water partition coefficient (Wildman–Crippen LogP) is 6.09. The molecule has 29 heavy (non-hydrogen) atoms. The smallest absolute Gasteiger partial charge is 0.269 e. The molecule has 0 saturated carbocycles. The van der Waals surface area contributed by atoms with Crippen molar-refractivity contribution in [1.29, 1.82) is 0 Å². The fourth-order valence-corrected chi connectivity index (χ4v) is 3.17. The van der Waals surface area contributed by atoms with Crippen LogP contribution in [0, 0.1) is 10.1 Å². The van der Waals surface area contributed by atoms with Gasteiger partial charge in [0.25, 0.3) is 5.69 Å². The van der Waals surface area contributed by atoms with Crippen LogP contribution in [0.5, 0.6) is 11.5 Å². The number of hydrogen-bond acceptors (Lipinski definition) is 5. The normalized spacial score (nSPS) is 10.8. The lowest BCUT2D eigenvalue weighted by Crippen LogP contribution is -2.01. The first-order valence-electron chi connectivity index (χ1n) is 8.98. The Bertz CT molecular complexity index is 1010. The summed E-state index contributed by atoms with van der Waals surface area (Å²) in [5, 5.41) is 10.8. The first-order valence-corrected chi connectivity index (χ1v) is 9.77. The highest BCUT2D eigenvalue weighted by atomic mass is 79.9. The van der Waals surface area contributed by atoms with E-state index >= 15 is 0 Å². The molecule has 0 saturated heterocycles. The summed E-state index contributed by atoms with van der Waals surface area (Å²) in [4.78, 5) is 14.8. The third-order valence-corrected chi connectivity index (χ3v) is 4.57. The zero-order valence-electron chi connectivity index (χ0n) is 15.7. The maximum Gasteiger partial charge on any atom is 0.269 e. The molecule has 3 aromatic rings. The number of para-hydroxylation sites is 1. The molecule has 0 atom stereocenters. The lowest BCUT2D eigenvalue weighted by Gasteiger charge is -2.14. The van der Waals surface area contributed by atoms with Gasteiger partial charge in [0, 0.05) is 18.3 Å². The highest BCUT2D eigenvalue weighted by molar-refractivity contribution is 9.10. The van der Waals surface area contributed by atoms with E-state index in [1.807, 2.05) is 49.4 Å². The second-order valence-corrected chi connectivity index (χ2v) is 6.92. The SMILES string of the molecule is CCOc1cc(C=Nc2ccccc2)cc(Br)c1OCc1ccc([N+](=O)[O-])cc1. The average Bonchev–Trinajstić information content (AvgIpc) is 2.73. The van der Waals surface area contributed by atoms with Crippen LogP contribution in [0.15, 0.2) is 76.2 Å². The number of nitro groups is 1. The number of ether oxygens (including phenoxy) is 2. The molecule has 0 amide bonds. The molecule has 0 unspecified atom stereocenters. The van der Waals surface area contributed by atoms with Gasteiger partial charge in [0.05, 0.1) is 21.7 Å². The number of rotatable bonds is 8. The van der Waals surface area contributed by atoms with E-state index in [0.717, 1.165) is 21.3 Å². The molecule has 0 fully saturated rings. The molecule has 3 rings (SSSR count). The molecular weight excluding hydrogens is 436 g/mol. The molecule has 6 nitrogen and oxygen atoms in total. The Morgan fingerprint density at radius 3 is 2.45 bits per heavy atom. The van der Waals surface area contributed by atoms with Gasteiger partial charge in [-0.1, -0.05) is 18.2 Å². The number of hydrogen-bond donors (Lipinski definition) is 0. The highest BCUT2D eigenvalue weighted by Crippen LogP contribution is 2.37. The van der Waals surface area contributed by atoms with E-state index in [4.69, 9.17) is 9.47 Å². The van der Waals surface area contributed by atoms with E-state index in [1.54, 1.807) is 18.3 Å². The summed E-state index contributed by atoms with van der Waals surface area (Å²) >= 11 is 3.54. The van der Waals surface area contributed by atoms with Crippen molar-refractivity contribution in [1.82, 2.24) is 0 Å². The average molecular weight is 455 g/mol. The second-order valence-electron chi connectivity index (χ2n) is 6.07. The molecule has 0 bridgehead atoms. The van der Waals surface area contributed by atoms with Crippen molar-refractivity contribution in [2.45, 2.75) is 13.5 Å². The summed E-state index contributed by atoms with van der Waals surface area (Å²) in [7, 11) is 0. The third kappa shape index (κ3) is 5.65. The number of nitro benzene ring substituents is 1. The van der Waals surface area contributed by atoms with Crippen LogP contribution in [-0.2, 0) is 6.61 Å². The maximum atomic E-state index is 10.8. The summed E-state index contributed by atoms with van der Waals surface area (Å²) in [6, 6.07) is 19.7. The van der Waals surface area contributed by atoms with Gasteiger partial charge in [-0.15, -0.1) is 0 Å². The van der Waals surface area contributed by atoms with Gasteiger partial charge < -0.3 is 9.47 Å². The van der Waals surface area contributed by atoms with Crippen LogP contribution in [0.25, 0.3) is 0 Å². The molecule has 0 aromatic heterocycles. The van der Waals surface area contributed by atoms with Crippen LogP contribution in [0.3, 0.4) is 0 Å². The minimum absolute atomic E-state index is 0.0481. The van der Waals surface area contributed by atoms with E-state index in [-0.39, 0.29) is 12.3 Å². The minimum Gasteiger partial charge on any atom is -0.490 e. The molecule has 0 heterocycles. The van der Waals surface area contributed by atoms with Crippen molar-refractivity contribution >= 4 is 33.5 Å². The summed E-state index contributed by atoms with van der Waals surface area (Å²) in [5.41, 5.74) is 2.60. The Labute approximate surface area is 177 Å². The predicted molar refractivity (Wildman–Crippen MR) is 116 cm³/mol. The van der Waals surface area contributed by atoms with Crippen molar-refractivity contribution in [2.75, 3.05) is 6.61 Å². The van der Waals surface area contributed by atoms with Gasteiger partial charge in [-0.25, -0.2) is 0 Å². The number of aliphatic imine (C=N–C) groups is 1. The molecule has 0 aliphatic heterocycles. The van der Waals surface area contributed by atoms with Crippen LogP contribution in [0.1, 0.15) is 18.1 Å². The van der Waals surface area contributed by atoms with E-state index in [0.29, 0.717) is 18.1 Å². The summed E-state index contributed by atoms with van der Waals surface area (Å²) < 4.78 is 12.4. The van der Waals surface area contributed by atoms with Crippen molar-refractivity contribution in [3.63, 3.8) is 0 Å². The Hall–Kier alpha value is -3.19. The number of non-ortho nitro benzene ring substituents is 1. The van der Waals surface area contributed by atoms with Gasteiger partial charge in [0.15, 0.2) is 11.5 Å². The van der Waals surface area contributed by atoms with Crippen molar-refractivity contribution < 1.29 is 14.4 Å². The Balaban J connectivity index is 1.78. The molecule has 0 aliphatic rings. The Kier molecular flexibility index (Phi) is 6.97. The van der Waals surface area contributed by atoms with Gasteiger partial charge >= 0.3 is 0 Å². The van der Waals surface area contributed by atoms with E-state index in [1.165, 1.54) is 12.1 Å². The number of nitrogens with zero attached hydrogens (tertiary/aromatic N) is 2. The summed E-state index contributed by atoms with van der Waals surface area (Å²) in [6.45, 7) is 2.65.